The number of likely N-dealkylation sites (N-methyl/N-ethyl adjacent to an activating group) is 1. The molecule has 0 spiro atoms. The molecule has 0 aromatic rings. The summed E-state index contributed by atoms with van der Waals surface area (Å²) in [5.41, 5.74) is 5.77. The largest absolute Gasteiger partial charge is 0.379 e. The fourth-order valence-electron chi connectivity index (χ4n) is 1.85. The number of rotatable bonds is 14. The van der Waals surface area contributed by atoms with Crippen LogP contribution in [0.5, 0.6) is 0 Å². The smallest absolute Gasteiger partial charge is 0.222 e. The Morgan fingerprint density at radius 2 is 1.62 bits per heavy atom. The molecule has 0 aromatic heterocycles. The van der Waals surface area contributed by atoms with E-state index in [1.807, 2.05) is 13.8 Å². The summed E-state index contributed by atoms with van der Waals surface area (Å²) in [6.07, 6.45) is 0.760. The van der Waals surface area contributed by atoms with E-state index in [9.17, 15) is 9.59 Å². The number of nitrogens with two attached hydrogens (primary N) is 1. The van der Waals surface area contributed by atoms with Gasteiger partial charge in [0.25, 0.3) is 0 Å². The second-order valence-electron chi connectivity index (χ2n) is 7.29. The second-order valence-corrected chi connectivity index (χ2v) is 7.29. The maximum atomic E-state index is 11.6. The van der Waals surface area contributed by atoms with Gasteiger partial charge in [0.1, 0.15) is 6.54 Å². The first-order valence-corrected chi connectivity index (χ1v) is 8.65. The Labute approximate surface area is 146 Å². The lowest BCUT2D eigenvalue weighted by Gasteiger charge is -2.23. The molecule has 0 saturated carbocycles. The van der Waals surface area contributed by atoms with E-state index in [4.69, 9.17) is 15.2 Å². The van der Waals surface area contributed by atoms with E-state index in [2.05, 4.69) is 26.5 Å². The zero-order valence-electron chi connectivity index (χ0n) is 16.0. The highest BCUT2D eigenvalue weighted by Gasteiger charge is 2.16. The molecule has 1 amide bonds. The number of ether oxygens (including phenoxy) is 2. The maximum absolute atomic E-state index is 11.6. The molecule has 0 saturated heterocycles. The van der Waals surface area contributed by atoms with Crippen LogP contribution in [0.2, 0.25) is 0 Å². The van der Waals surface area contributed by atoms with Gasteiger partial charge >= 0.3 is 0 Å². The van der Waals surface area contributed by atoms with Crippen LogP contribution in [-0.2, 0) is 19.1 Å². The number of nitrogens with one attached hydrogen (secondary N) is 1. The third-order valence-corrected chi connectivity index (χ3v) is 3.46. The molecule has 24 heavy (non-hydrogen) atoms. The molecule has 0 fully saturated rings. The third-order valence-electron chi connectivity index (χ3n) is 3.46. The summed E-state index contributed by atoms with van der Waals surface area (Å²) in [5, 5.41) is 2.75. The van der Waals surface area contributed by atoms with Crippen molar-refractivity contribution in [3.05, 3.63) is 0 Å². The Bertz CT molecular complexity index is 367. The summed E-state index contributed by atoms with van der Waals surface area (Å²) in [6.45, 7) is 7.08. The van der Waals surface area contributed by atoms with Crippen LogP contribution in [-0.4, -0.2) is 82.9 Å². The number of Topliss-reactive ketones (excluding diaryl/α,β-unsaturated/α-hetero) is 1. The van der Waals surface area contributed by atoms with E-state index >= 15 is 0 Å². The van der Waals surface area contributed by atoms with Crippen molar-refractivity contribution in [2.75, 3.05) is 60.7 Å². The average molecular weight is 346 g/mol. The van der Waals surface area contributed by atoms with Crippen molar-refractivity contribution in [2.45, 2.75) is 32.7 Å². The van der Waals surface area contributed by atoms with Gasteiger partial charge in [-0.1, -0.05) is 13.8 Å². The summed E-state index contributed by atoms with van der Waals surface area (Å²) in [5.74, 6) is -0.142. The van der Waals surface area contributed by atoms with Crippen LogP contribution in [0.4, 0.5) is 0 Å². The molecular weight excluding hydrogens is 310 g/mol. The summed E-state index contributed by atoms with van der Waals surface area (Å²) < 4.78 is 11.7. The molecular formula is C17H36N3O4+. The Balaban J connectivity index is 3.49. The molecule has 7 nitrogen and oxygen atoms in total. The van der Waals surface area contributed by atoms with Crippen LogP contribution in [0.1, 0.15) is 26.7 Å². The lowest BCUT2D eigenvalue weighted by molar-refractivity contribution is -0.870. The summed E-state index contributed by atoms with van der Waals surface area (Å²) >= 11 is 0. The molecule has 7 heteroatoms. The Kier molecular flexibility index (Phi) is 11.8. The molecule has 142 valence electrons. The van der Waals surface area contributed by atoms with Gasteiger partial charge in [0.2, 0.25) is 5.91 Å². The number of hydrogen-bond donors (Lipinski definition) is 2. The fraction of sp³-hybridized carbons (Fsp3) is 0.882. The Morgan fingerprint density at radius 3 is 2.17 bits per heavy atom. The minimum atomic E-state index is -0.509. The van der Waals surface area contributed by atoms with Gasteiger partial charge in [-0.3, -0.25) is 9.59 Å². The van der Waals surface area contributed by atoms with Crippen LogP contribution in [0.3, 0.4) is 0 Å². The number of carbonyl (C=O) groups is 2. The van der Waals surface area contributed by atoms with E-state index in [1.54, 1.807) is 0 Å². The molecule has 0 aliphatic carbocycles. The van der Waals surface area contributed by atoms with Crippen molar-refractivity contribution in [1.82, 2.24) is 5.32 Å². The second kappa shape index (κ2) is 12.4. The Hall–Kier alpha value is -1.02. The molecule has 0 aliphatic heterocycles. The monoisotopic (exact) mass is 346 g/mol. The van der Waals surface area contributed by atoms with Gasteiger partial charge in [0.15, 0.2) is 5.78 Å². The summed E-state index contributed by atoms with van der Waals surface area (Å²) in [7, 11) is 6.35. The first-order valence-electron chi connectivity index (χ1n) is 8.65. The normalized spacial score (nSPS) is 13.1. The molecule has 0 unspecified atom stereocenters. The molecule has 0 radical (unpaired) electrons. The Morgan fingerprint density at radius 1 is 1.04 bits per heavy atom. The zero-order chi connectivity index (χ0) is 18.6. The van der Waals surface area contributed by atoms with Gasteiger partial charge in [-0.05, 0) is 6.42 Å². The molecule has 1 atom stereocenters. The van der Waals surface area contributed by atoms with Crippen molar-refractivity contribution in [3.8, 4) is 0 Å². The maximum Gasteiger partial charge on any atom is 0.222 e. The number of hydrogen-bond acceptors (Lipinski definition) is 5. The zero-order valence-corrected chi connectivity index (χ0v) is 16.0. The van der Waals surface area contributed by atoms with E-state index in [-0.39, 0.29) is 17.6 Å². The van der Waals surface area contributed by atoms with E-state index < -0.39 is 6.04 Å². The van der Waals surface area contributed by atoms with Gasteiger partial charge in [-0.15, -0.1) is 0 Å². The topological polar surface area (TPSA) is 90.7 Å². The third kappa shape index (κ3) is 13.4. The highest BCUT2D eigenvalue weighted by Crippen LogP contribution is 2.00. The van der Waals surface area contributed by atoms with Crippen LogP contribution >= 0.6 is 0 Å². The SMILES string of the molecule is CC(C)C(=O)[C@@H](N)CCNC(=O)CCOCCOCC[N+](C)(C)C. The lowest BCUT2D eigenvalue weighted by Crippen LogP contribution is -2.38. The number of amides is 1. The van der Waals surface area contributed by atoms with Crippen molar-refractivity contribution < 1.29 is 23.5 Å². The van der Waals surface area contributed by atoms with Crippen LogP contribution in [0.15, 0.2) is 0 Å². The molecule has 0 aromatic carbocycles. The quantitative estimate of drug-likeness (QED) is 0.346. The number of quaternary nitrogens is 1. The average Bonchev–Trinajstić information content (AvgIpc) is 2.47. The van der Waals surface area contributed by atoms with Crippen LogP contribution < -0.4 is 11.1 Å². The molecule has 0 heterocycles. The van der Waals surface area contributed by atoms with Gasteiger partial charge in [0, 0.05) is 18.9 Å². The van der Waals surface area contributed by atoms with Gasteiger partial charge in [-0.2, -0.15) is 0 Å². The van der Waals surface area contributed by atoms with Gasteiger partial charge in [-0.25, -0.2) is 0 Å². The van der Waals surface area contributed by atoms with Crippen molar-refractivity contribution in [2.24, 2.45) is 11.7 Å². The summed E-state index contributed by atoms with van der Waals surface area (Å²) in [6, 6.07) is -0.509. The van der Waals surface area contributed by atoms with E-state index in [0.717, 1.165) is 11.0 Å². The minimum Gasteiger partial charge on any atom is -0.379 e. The molecule has 0 bridgehead atoms. The van der Waals surface area contributed by atoms with Crippen molar-refractivity contribution in [1.29, 1.82) is 0 Å². The highest BCUT2D eigenvalue weighted by atomic mass is 16.5. The molecule has 0 rings (SSSR count). The number of nitrogens with zero attached hydrogens (tertiary/aromatic N) is 1. The van der Waals surface area contributed by atoms with Crippen molar-refractivity contribution >= 4 is 11.7 Å². The van der Waals surface area contributed by atoms with Gasteiger partial charge in [0.05, 0.1) is 53.6 Å². The van der Waals surface area contributed by atoms with Gasteiger partial charge < -0.3 is 25.0 Å². The highest BCUT2D eigenvalue weighted by molar-refractivity contribution is 5.85. The predicted octanol–water partition coefficient (Wildman–Crippen LogP) is 0.175. The van der Waals surface area contributed by atoms with Crippen LogP contribution in [0.25, 0.3) is 0 Å². The predicted molar refractivity (Wildman–Crippen MR) is 94.6 cm³/mol. The number of ketones is 1. The molecule has 0 aliphatic rings. The lowest BCUT2D eigenvalue weighted by atomic mass is 10.0. The van der Waals surface area contributed by atoms with Crippen LogP contribution in [0, 0.1) is 5.92 Å². The van der Waals surface area contributed by atoms with E-state index in [1.165, 1.54) is 0 Å². The fourth-order valence-corrected chi connectivity index (χ4v) is 1.85. The van der Waals surface area contributed by atoms with Crippen molar-refractivity contribution in [3.63, 3.8) is 0 Å². The first kappa shape index (κ1) is 23.0. The summed E-state index contributed by atoms with van der Waals surface area (Å²) in [4.78, 5) is 23.2. The van der Waals surface area contributed by atoms with E-state index in [0.29, 0.717) is 45.8 Å². The molecule has 3 N–H and O–H groups in total. The number of carbonyl (C=O) groups excluding carboxylic acids is 2. The standard InChI is InChI=1S/C17H35N3O4/c1-14(2)17(22)15(18)6-8-19-16(21)7-10-23-12-13-24-11-9-20(3,4)5/h14-15H,6-13,18H2,1-5H3/p+1/t15-/m0/s1. The minimum absolute atomic E-state index is 0.0258. The first-order chi connectivity index (χ1) is 11.1.